The highest BCUT2D eigenvalue weighted by Gasteiger charge is 2.19. The van der Waals surface area contributed by atoms with Crippen molar-refractivity contribution in [1.29, 1.82) is 0 Å². The van der Waals surface area contributed by atoms with Gasteiger partial charge in [-0.3, -0.25) is 9.36 Å². The molecule has 4 aromatic rings. The highest BCUT2D eigenvalue weighted by Crippen LogP contribution is 2.36. The smallest absolute Gasteiger partial charge is 0.263 e. The van der Waals surface area contributed by atoms with E-state index in [-0.39, 0.29) is 5.56 Å². The highest BCUT2D eigenvalue weighted by molar-refractivity contribution is 7.98. The molecule has 4 rings (SSSR count). The molecule has 0 saturated carbocycles. The van der Waals surface area contributed by atoms with Crippen LogP contribution < -0.4 is 5.56 Å². The van der Waals surface area contributed by atoms with Gasteiger partial charge in [-0.25, -0.2) is 4.98 Å². The summed E-state index contributed by atoms with van der Waals surface area (Å²) >= 11 is 2.96. The number of rotatable bonds is 7. The van der Waals surface area contributed by atoms with Gasteiger partial charge < -0.3 is 4.42 Å². The lowest BCUT2D eigenvalue weighted by molar-refractivity contribution is 0.469. The second kappa shape index (κ2) is 8.34. The van der Waals surface area contributed by atoms with Gasteiger partial charge in [0.05, 0.1) is 11.1 Å². The first-order chi connectivity index (χ1) is 14.1. The highest BCUT2D eigenvalue weighted by atomic mass is 32.2. The molecule has 29 heavy (non-hydrogen) atoms. The van der Waals surface area contributed by atoms with E-state index in [0.717, 1.165) is 20.8 Å². The Bertz CT molecular complexity index is 1220. The Morgan fingerprint density at radius 2 is 2.00 bits per heavy atom. The Balaban J connectivity index is 1.78. The van der Waals surface area contributed by atoms with Gasteiger partial charge in [-0.05, 0) is 18.1 Å². The minimum atomic E-state index is -0.0480. The molecule has 0 bridgehead atoms. The molecule has 0 aliphatic carbocycles. The van der Waals surface area contributed by atoms with E-state index in [0.29, 0.717) is 41.0 Å². The maximum absolute atomic E-state index is 13.3. The van der Waals surface area contributed by atoms with E-state index in [2.05, 4.69) is 28.9 Å². The van der Waals surface area contributed by atoms with Crippen LogP contribution in [0, 0.1) is 6.92 Å². The zero-order valence-corrected chi connectivity index (χ0v) is 17.8. The summed E-state index contributed by atoms with van der Waals surface area (Å²) in [6.07, 6.45) is 2.40. The molecule has 0 radical (unpaired) electrons. The van der Waals surface area contributed by atoms with Gasteiger partial charge in [0.15, 0.2) is 5.16 Å². The van der Waals surface area contributed by atoms with Gasteiger partial charge in [-0.2, -0.15) is 0 Å². The fraction of sp³-hybridized carbons (Fsp3) is 0.238. The number of allylic oxidation sites excluding steroid dienone is 1. The van der Waals surface area contributed by atoms with Gasteiger partial charge in [-0.15, -0.1) is 28.1 Å². The molecule has 0 aliphatic rings. The molecule has 0 atom stereocenters. The summed E-state index contributed by atoms with van der Waals surface area (Å²) in [6.45, 7) is 8.13. The van der Waals surface area contributed by atoms with Crippen LogP contribution in [0.4, 0.5) is 0 Å². The van der Waals surface area contributed by atoms with E-state index in [1.54, 1.807) is 22.0 Å². The van der Waals surface area contributed by atoms with Crippen molar-refractivity contribution >= 4 is 33.3 Å². The van der Waals surface area contributed by atoms with Crippen LogP contribution in [0.25, 0.3) is 20.7 Å². The van der Waals surface area contributed by atoms with Crippen molar-refractivity contribution < 1.29 is 4.42 Å². The van der Waals surface area contributed by atoms with E-state index in [1.807, 2.05) is 32.0 Å². The van der Waals surface area contributed by atoms with Crippen LogP contribution in [-0.2, 0) is 18.7 Å². The van der Waals surface area contributed by atoms with Crippen LogP contribution in [0.2, 0.25) is 0 Å². The van der Waals surface area contributed by atoms with E-state index < -0.39 is 0 Å². The van der Waals surface area contributed by atoms with Gasteiger partial charge in [0.2, 0.25) is 11.8 Å². The molecule has 0 amide bonds. The molecule has 1 aromatic carbocycles. The Morgan fingerprint density at radius 1 is 1.24 bits per heavy atom. The van der Waals surface area contributed by atoms with Crippen molar-refractivity contribution in [3.63, 3.8) is 0 Å². The van der Waals surface area contributed by atoms with Crippen molar-refractivity contribution in [1.82, 2.24) is 19.7 Å². The van der Waals surface area contributed by atoms with Crippen molar-refractivity contribution in [3.8, 4) is 10.4 Å². The Morgan fingerprint density at radius 3 is 2.69 bits per heavy atom. The molecule has 0 saturated heterocycles. The van der Waals surface area contributed by atoms with Gasteiger partial charge in [-0.1, -0.05) is 55.1 Å². The zero-order chi connectivity index (χ0) is 20.4. The molecular weight excluding hydrogens is 404 g/mol. The Labute approximate surface area is 176 Å². The van der Waals surface area contributed by atoms with E-state index >= 15 is 0 Å². The molecule has 0 fully saturated rings. The second-order valence-corrected chi connectivity index (χ2v) is 8.37. The van der Waals surface area contributed by atoms with Crippen LogP contribution >= 0.6 is 23.1 Å². The summed E-state index contributed by atoms with van der Waals surface area (Å²) < 4.78 is 7.24. The number of thiophene rings is 1. The largest absolute Gasteiger partial charge is 0.424 e. The predicted octanol–water partition coefficient (Wildman–Crippen LogP) is 4.86. The Kier molecular flexibility index (Phi) is 5.64. The number of aromatic nitrogens is 4. The quantitative estimate of drug-likeness (QED) is 0.240. The molecule has 148 valence electrons. The molecule has 0 spiro atoms. The first-order valence-electron chi connectivity index (χ1n) is 9.26. The first kappa shape index (κ1) is 19.6. The van der Waals surface area contributed by atoms with Crippen molar-refractivity contribution in [2.75, 3.05) is 0 Å². The standard InChI is InChI=1S/C21H20N4O2S2/c1-4-11-25-20(26)17-13(3)18(14-9-7-6-8-10-14)29-19(17)22-21(25)28-12-16-24-23-15(5-2)27-16/h4,6-10H,1,5,11-12H2,2-3H3. The summed E-state index contributed by atoms with van der Waals surface area (Å²) in [4.78, 5) is 19.9. The van der Waals surface area contributed by atoms with Crippen molar-refractivity contribution in [2.24, 2.45) is 0 Å². The SMILES string of the molecule is C=CCn1c(SCc2nnc(CC)o2)nc2sc(-c3ccccc3)c(C)c2c1=O. The molecular formula is C21H20N4O2S2. The normalized spacial score (nSPS) is 11.2. The summed E-state index contributed by atoms with van der Waals surface area (Å²) in [5, 5.41) is 9.34. The lowest BCUT2D eigenvalue weighted by atomic mass is 10.1. The van der Waals surface area contributed by atoms with Crippen LogP contribution in [0.15, 0.2) is 57.4 Å². The number of hydrogen-bond donors (Lipinski definition) is 0. The predicted molar refractivity (Wildman–Crippen MR) is 117 cm³/mol. The van der Waals surface area contributed by atoms with E-state index in [1.165, 1.54) is 11.8 Å². The van der Waals surface area contributed by atoms with Crippen LogP contribution in [0.3, 0.4) is 0 Å². The molecule has 8 heteroatoms. The summed E-state index contributed by atoms with van der Waals surface area (Å²) in [5.41, 5.74) is 2.01. The third kappa shape index (κ3) is 3.77. The van der Waals surface area contributed by atoms with Gasteiger partial charge >= 0.3 is 0 Å². The third-order valence-corrected chi connectivity index (χ3v) is 6.69. The average Bonchev–Trinajstić information content (AvgIpc) is 3.34. The van der Waals surface area contributed by atoms with Crippen LogP contribution in [0.1, 0.15) is 24.3 Å². The number of benzene rings is 1. The van der Waals surface area contributed by atoms with E-state index in [9.17, 15) is 4.79 Å². The van der Waals surface area contributed by atoms with Gasteiger partial charge in [0.1, 0.15) is 4.83 Å². The molecule has 0 unspecified atom stereocenters. The Hall–Kier alpha value is -2.71. The zero-order valence-electron chi connectivity index (χ0n) is 16.2. The number of aryl methyl sites for hydroxylation is 2. The lowest BCUT2D eigenvalue weighted by Crippen LogP contribution is -2.22. The number of thioether (sulfide) groups is 1. The minimum absolute atomic E-state index is 0.0480. The molecule has 0 aliphatic heterocycles. The van der Waals surface area contributed by atoms with E-state index in [4.69, 9.17) is 9.40 Å². The lowest BCUT2D eigenvalue weighted by Gasteiger charge is -2.09. The summed E-state index contributed by atoms with van der Waals surface area (Å²) in [6, 6.07) is 10.1. The maximum Gasteiger partial charge on any atom is 0.263 e. The van der Waals surface area contributed by atoms with Crippen LogP contribution in [-0.4, -0.2) is 19.7 Å². The topological polar surface area (TPSA) is 73.8 Å². The van der Waals surface area contributed by atoms with Crippen molar-refractivity contribution in [2.45, 2.75) is 37.7 Å². The molecule has 0 N–H and O–H groups in total. The van der Waals surface area contributed by atoms with Crippen molar-refractivity contribution in [3.05, 3.63) is 70.7 Å². The van der Waals surface area contributed by atoms with Gasteiger partial charge in [0, 0.05) is 17.8 Å². The maximum atomic E-state index is 13.3. The molecule has 3 aromatic heterocycles. The fourth-order valence-electron chi connectivity index (χ4n) is 3.08. The minimum Gasteiger partial charge on any atom is -0.424 e. The summed E-state index contributed by atoms with van der Waals surface area (Å²) in [5.74, 6) is 1.59. The molecule has 6 nitrogen and oxygen atoms in total. The number of nitrogens with zero attached hydrogens (tertiary/aromatic N) is 4. The number of hydrogen-bond acceptors (Lipinski definition) is 7. The molecule has 3 heterocycles. The monoisotopic (exact) mass is 424 g/mol. The average molecular weight is 425 g/mol. The first-order valence-corrected chi connectivity index (χ1v) is 11.1. The van der Waals surface area contributed by atoms with Crippen LogP contribution in [0.5, 0.6) is 0 Å². The fourth-order valence-corrected chi connectivity index (χ4v) is 5.15. The summed E-state index contributed by atoms with van der Waals surface area (Å²) in [7, 11) is 0. The third-order valence-electron chi connectivity index (χ3n) is 4.50. The second-order valence-electron chi connectivity index (χ2n) is 6.43. The number of fused-ring (bicyclic) bond motifs is 1. The van der Waals surface area contributed by atoms with Gasteiger partial charge in [0.25, 0.3) is 5.56 Å².